The van der Waals surface area contributed by atoms with Gasteiger partial charge < -0.3 is 19.5 Å². The van der Waals surface area contributed by atoms with E-state index in [1.807, 2.05) is 0 Å². The molecule has 0 aliphatic rings. The van der Waals surface area contributed by atoms with Gasteiger partial charge in [0.1, 0.15) is 17.2 Å². The molecule has 2 aromatic carbocycles. The molecule has 7 heteroatoms. The Bertz CT molecular complexity index is 724. The molecule has 0 spiro atoms. The zero-order chi connectivity index (χ0) is 17.7. The van der Waals surface area contributed by atoms with Gasteiger partial charge in [-0.1, -0.05) is 0 Å². The minimum absolute atomic E-state index is 0.0142. The number of ether oxygens (including phenoxy) is 3. The van der Waals surface area contributed by atoms with Crippen LogP contribution in [0.3, 0.4) is 0 Å². The highest BCUT2D eigenvalue weighted by Crippen LogP contribution is 2.33. The fraction of sp³-hybridized carbons (Fsp3) is 0.235. The van der Waals surface area contributed by atoms with Crippen molar-refractivity contribution in [3.63, 3.8) is 0 Å². The molecule has 2 rings (SSSR count). The largest absolute Gasteiger partial charge is 0.496 e. The molecule has 0 fully saturated rings. The summed E-state index contributed by atoms with van der Waals surface area (Å²) in [6.07, 6.45) is 0. The van der Waals surface area contributed by atoms with Gasteiger partial charge in [-0.2, -0.15) is 0 Å². The summed E-state index contributed by atoms with van der Waals surface area (Å²) in [6.45, 7) is 0.0775. The first-order valence-electron chi connectivity index (χ1n) is 7.02. The molecule has 0 saturated heterocycles. The molecule has 1 amide bonds. The van der Waals surface area contributed by atoms with Gasteiger partial charge in [-0.25, -0.2) is 8.78 Å². The molecule has 24 heavy (non-hydrogen) atoms. The molecule has 0 radical (unpaired) electrons. The molecular weight excluding hydrogens is 320 g/mol. The van der Waals surface area contributed by atoms with E-state index in [-0.39, 0.29) is 12.1 Å². The monoisotopic (exact) mass is 337 g/mol. The number of methoxy groups -OCH3 is 3. The Balaban J connectivity index is 2.21. The maximum Gasteiger partial charge on any atom is 0.251 e. The summed E-state index contributed by atoms with van der Waals surface area (Å²) >= 11 is 0. The van der Waals surface area contributed by atoms with Crippen LogP contribution in [0.1, 0.15) is 15.9 Å². The van der Waals surface area contributed by atoms with Gasteiger partial charge in [0.05, 0.1) is 33.4 Å². The number of rotatable bonds is 6. The highest BCUT2D eigenvalue weighted by atomic mass is 19.2. The van der Waals surface area contributed by atoms with Crippen LogP contribution in [0.25, 0.3) is 0 Å². The maximum absolute atomic E-state index is 13.2. The van der Waals surface area contributed by atoms with Gasteiger partial charge >= 0.3 is 0 Å². The molecule has 0 unspecified atom stereocenters. The lowest BCUT2D eigenvalue weighted by Gasteiger charge is -2.15. The Kier molecular flexibility index (Phi) is 5.57. The minimum atomic E-state index is -1.08. The summed E-state index contributed by atoms with van der Waals surface area (Å²) < 4.78 is 41.9. The van der Waals surface area contributed by atoms with E-state index in [4.69, 9.17) is 14.2 Å². The molecule has 5 nitrogen and oxygen atoms in total. The third kappa shape index (κ3) is 3.73. The van der Waals surface area contributed by atoms with Gasteiger partial charge in [-0.15, -0.1) is 0 Å². The molecule has 2 aromatic rings. The fourth-order valence-corrected chi connectivity index (χ4v) is 2.16. The number of amides is 1. The average Bonchev–Trinajstić information content (AvgIpc) is 2.61. The quantitative estimate of drug-likeness (QED) is 0.881. The highest BCUT2D eigenvalue weighted by molar-refractivity contribution is 5.94. The Morgan fingerprint density at radius 1 is 0.958 bits per heavy atom. The van der Waals surface area contributed by atoms with E-state index in [0.29, 0.717) is 22.8 Å². The predicted molar refractivity (Wildman–Crippen MR) is 83.6 cm³/mol. The molecular formula is C17H17F2NO4. The van der Waals surface area contributed by atoms with Crippen molar-refractivity contribution in [3.05, 3.63) is 53.1 Å². The number of benzene rings is 2. The number of carbonyl (C=O) groups is 1. The predicted octanol–water partition coefficient (Wildman–Crippen LogP) is 2.92. The van der Waals surface area contributed by atoms with Crippen LogP contribution in [0.5, 0.6) is 17.2 Å². The van der Waals surface area contributed by atoms with Crippen LogP contribution < -0.4 is 19.5 Å². The van der Waals surface area contributed by atoms with Crippen LogP contribution in [-0.2, 0) is 6.54 Å². The highest BCUT2D eigenvalue weighted by Gasteiger charge is 2.15. The van der Waals surface area contributed by atoms with Gasteiger partial charge in [-0.3, -0.25) is 4.79 Å². The topological polar surface area (TPSA) is 56.8 Å². The second-order valence-corrected chi connectivity index (χ2v) is 4.82. The fourth-order valence-electron chi connectivity index (χ4n) is 2.16. The number of hydrogen-bond donors (Lipinski definition) is 1. The molecule has 1 N–H and O–H groups in total. The van der Waals surface area contributed by atoms with Crippen LogP contribution in [0.2, 0.25) is 0 Å². The molecule has 0 aliphatic heterocycles. The van der Waals surface area contributed by atoms with Crippen molar-refractivity contribution in [2.75, 3.05) is 21.3 Å². The van der Waals surface area contributed by atoms with Gasteiger partial charge in [0.2, 0.25) is 0 Å². The van der Waals surface area contributed by atoms with Crippen molar-refractivity contribution in [2.24, 2.45) is 0 Å². The molecule has 0 saturated carbocycles. The van der Waals surface area contributed by atoms with Crippen LogP contribution >= 0.6 is 0 Å². The maximum atomic E-state index is 13.2. The molecule has 0 aliphatic carbocycles. The lowest BCUT2D eigenvalue weighted by Crippen LogP contribution is -2.23. The van der Waals surface area contributed by atoms with Crippen LogP contribution in [0, 0.1) is 11.6 Å². The third-order valence-corrected chi connectivity index (χ3v) is 3.42. The van der Waals surface area contributed by atoms with Gasteiger partial charge in [0.15, 0.2) is 11.6 Å². The van der Waals surface area contributed by atoms with Crippen molar-refractivity contribution >= 4 is 5.91 Å². The first-order valence-corrected chi connectivity index (χ1v) is 7.02. The standard InChI is InChI=1S/C17H17F2NO4/c1-22-11-7-15(23-2)12(16(8-11)24-3)9-20-17(21)10-4-5-13(18)14(19)6-10/h4-8H,9H2,1-3H3,(H,20,21). The summed E-state index contributed by atoms with van der Waals surface area (Å²) in [5, 5.41) is 2.62. The third-order valence-electron chi connectivity index (χ3n) is 3.42. The van der Waals surface area contributed by atoms with E-state index < -0.39 is 17.5 Å². The number of carbonyl (C=O) groups excluding carboxylic acids is 1. The summed E-state index contributed by atoms with van der Waals surface area (Å²) in [7, 11) is 4.47. The van der Waals surface area contributed by atoms with E-state index >= 15 is 0 Å². The minimum Gasteiger partial charge on any atom is -0.496 e. The van der Waals surface area contributed by atoms with Crippen LogP contribution in [0.4, 0.5) is 8.78 Å². The summed E-state index contributed by atoms with van der Waals surface area (Å²) in [5.74, 6) is -1.16. The zero-order valence-electron chi connectivity index (χ0n) is 13.5. The molecule has 0 atom stereocenters. The van der Waals surface area contributed by atoms with Crippen molar-refractivity contribution in [2.45, 2.75) is 6.54 Å². The van der Waals surface area contributed by atoms with Crippen molar-refractivity contribution < 1.29 is 27.8 Å². The SMILES string of the molecule is COc1cc(OC)c(CNC(=O)c2ccc(F)c(F)c2)c(OC)c1. The molecule has 0 aromatic heterocycles. The van der Waals surface area contributed by atoms with Crippen molar-refractivity contribution in [1.29, 1.82) is 0 Å². The van der Waals surface area contributed by atoms with Crippen LogP contribution in [0.15, 0.2) is 30.3 Å². The number of nitrogens with one attached hydrogen (secondary N) is 1. The van der Waals surface area contributed by atoms with Crippen LogP contribution in [-0.4, -0.2) is 27.2 Å². The summed E-state index contributed by atoms with van der Waals surface area (Å²) in [5.41, 5.74) is 0.608. The Morgan fingerprint density at radius 3 is 2.08 bits per heavy atom. The molecule has 0 bridgehead atoms. The van der Waals surface area contributed by atoms with Gasteiger partial charge in [0.25, 0.3) is 5.91 Å². The van der Waals surface area contributed by atoms with E-state index in [2.05, 4.69) is 5.32 Å². The summed E-state index contributed by atoms with van der Waals surface area (Å²) in [4.78, 5) is 12.1. The van der Waals surface area contributed by atoms with E-state index in [1.54, 1.807) is 12.1 Å². The Labute approximate surface area is 138 Å². The molecule has 0 heterocycles. The number of hydrogen-bond acceptors (Lipinski definition) is 4. The van der Waals surface area contributed by atoms with Crippen molar-refractivity contribution in [3.8, 4) is 17.2 Å². The lowest BCUT2D eigenvalue weighted by atomic mass is 10.1. The second kappa shape index (κ2) is 7.63. The van der Waals surface area contributed by atoms with Crippen molar-refractivity contribution in [1.82, 2.24) is 5.32 Å². The zero-order valence-corrected chi connectivity index (χ0v) is 13.5. The second-order valence-electron chi connectivity index (χ2n) is 4.82. The van der Waals surface area contributed by atoms with E-state index in [9.17, 15) is 13.6 Å². The first-order chi connectivity index (χ1) is 11.5. The summed E-state index contributed by atoms with van der Waals surface area (Å²) in [6, 6.07) is 6.26. The Morgan fingerprint density at radius 2 is 1.58 bits per heavy atom. The molecule has 128 valence electrons. The van der Waals surface area contributed by atoms with E-state index in [1.165, 1.54) is 27.4 Å². The average molecular weight is 337 g/mol. The van der Waals surface area contributed by atoms with Gasteiger partial charge in [0, 0.05) is 17.7 Å². The number of halogens is 2. The van der Waals surface area contributed by atoms with E-state index in [0.717, 1.165) is 12.1 Å². The first kappa shape index (κ1) is 17.5. The smallest absolute Gasteiger partial charge is 0.251 e. The van der Waals surface area contributed by atoms with Gasteiger partial charge in [-0.05, 0) is 18.2 Å². The normalized spacial score (nSPS) is 10.2. The lowest BCUT2D eigenvalue weighted by molar-refractivity contribution is 0.0950. The Hall–Kier alpha value is -2.83.